The SMILES string of the molecule is Cc1ccc(Sc2c(C3=CC=C(C#N)CC3)nc(-c3ccn[nH]3)n2C)cc1. The fraction of sp³-hybridized carbons (Fsp3) is 0.190. The Kier molecular flexibility index (Phi) is 4.69. The maximum absolute atomic E-state index is 9.11. The standard InChI is InChI=1S/C21H19N5S/c1-14-3-9-17(10-4-14)27-21-19(16-7-5-15(13-22)6-8-16)24-20(26(21)2)18-11-12-23-25-18/h3-5,7,9-12H,6,8H2,1-2H3,(H,23,25). The summed E-state index contributed by atoms with van der Waals surface area (Å²) >= 11 is 1.71. The van der Waals surface area contributed by atoms with E-state index in [-0.39, 0.29) is 0 Å². The van der Waals surface area contributed by atoms with Crippen LogP contribution in [0.4, 0.5) is 0 Å². The highest BCUT2D eigenvalue weighted by Gasteiger charge is 2.21. The molecule has 0 unspecified atom stereocenters. The number of nitrogens with one attached hydrogen (secondary N) is 1. The molecular formula is C21H19N5S. The van der Waals surface area contributed by atoms with Gasteiger partial charge in [0.25, 0.3) is 0 Å². The summed E-state index contributed by atoms with van der Waals surface area (Å²) in [4.78, 5) is 6.10. The number of rotatable bonds is 4. The number of aromatic nitrogens is 4. The lowest BCUT2D eigenvalue weighted by Crippen LogP contribution is -1.96. The van der Waals surface area contributed by atoms with Crippen molar-refractivity contribution in [1.82, 2.24) is 19.7 Å². The van der Waals surface area contributed by atoms with Crippen LogP contribution in [-0.4, -0.2) is 19.7 Å². The molecule has 0 spiro atoms. The predicted octanol–water partition coefficient (Wildman–Crippen LogP) is 4.90. The van der Waals surface area contributed by atoms with Crippen molar-refractivity contribution in [1.29, 1.82) is 5.26 Å². The van der Waals surface area contributed by atoms with Gasteiger partial charge in [-0.3, -0.25) is 5.10 Å². The monoisotopic (exact) mass is 373 g/mol. The quantitative estimate of drug-likeness (QED) is 0.706. The Labute approximate surface area is 162 Å². The molecule has 6 heteroatoms. The van der Waals surface area contributed by atoms with Crippen LogP contribution in [0, 0.1) is 18.3 Å². The summed E-state index contributed by atoms with van der Waals surface area (Å²) in [5.74, 6) is 0.855. The number of nitriles is 1. The molecule has 0 fully saturated rings. The lowest BCUT2D eigenvalue weighted by atomic mass is 9.97. The van der Waals surface area contributed by atoms with Gasteiger partial charge in [-0.1, -0.05) is 35.5 Å². The van der Waals surface area contributed by atoms with Crippen molar-refractivity contribution in [3.8, 4) is 17.6 Å². The second-order valence-corrected chi connectivity index (χ2v) is 7.59. The summed E-state index contributed by atoms with van der Waals surface area (Å²) in [6, 6.07) is 12.7. The summed E-state index contributed by atoms with van der Waals surface area (Å²) in [5, 5.41) is 17.3. The maximum atomic E-state index is 9.11. The first-order chi connectivity index (χ1) is 13.2. The summed E-state index contributed by atoms with van der Waals surface area (Å²) in [6.07, 6.45) is 7.25. The zero-order chi connectivity index (χ0) is 18.8. The van der Waals surface area contributed by atoms with Gasteiger partial charge < -0.3 is 4.57 Å². The average Bonchev–Trinajstić information content (AvgIpc) is 3.33. The zero-order valence-corrected chi connectivity index (χ0v) is 16.0. The van der Waals surface area contributed by atoms with E-state index in [2.05, 4.69) is 52.0 Å². The van der Waals surface area contributed by atoms with Crippen molar-refractivity contribution in [2.75, 3.05) is 0 Å². The Balaban J connectivity index is 1.80. The van der Waals surface area contributed by atoms with E-state index in [9.17, 15) is 0 Å². The van der Waals surface area contributed by atoms with Gasteiger partial charge in [0.05, 0.1) is 11.8 Å². The largest absolute Gasteiger partial charge is 0.320 e. The minimum absolute atomic E-state index is 0.757. The van der Waals surface area contributed by atoms with Gasteiger partial charge in [-0.05, 0) is 49.6 Å². The molecule has 27 heavy (non-hydrogen) atoms. The van der Waals surface area contributed by atoms with E-state index in [4.69, 9.17) is 10.2 Å². The van der Waals surface area contributed by atoms with Crippen molar-refractivity contribution in [2.24, 2.45) is 7.05 Å². The van der Waals surface area contributed by atoms with E-state index >= 15 is 0 Å². The van der Waals surface area contributed by atoms with E-state index in [0.29, 0.717) is 0 Å². The number of allylic oxidation sites excluding steroid dienone is 4. The predicted molar refractivity (Wildman–Crippen MR) is 107 cm³/mol. The molecule has 1 aliphatic carbocycles. The maximum Gasteiger partial charge on any atom is 0.159 e. The molecule has 4 rings (SSSR count). The minimum Gasteiger partial charge on any atom is -0.320 e. The number of imidazole rings is 1. The molecule has 1 aliphatic rings. The van der Waals surface area contributed by atoms with Crippen molar-refractivity contribution >= 4 is 17.3 Å². The van der Waals surface area contributed by atoms with E-state index < -0.39 is 0 Å². The van der Waals surface area contributed by atoms with Crippen LogP contribution in [0.5, 0.6) is 0 Å². The second kappa shape index (κ2) is 7.29. The average molecular weight is 373 g/mol. The Morgan fingerprint density at radius 1 is 1.15 bits per heavy atom. The van der Waals surface area contributed by atoms with E-state index in [1.54, 1.807) is 18.0 Å². The van der Waals surface area contributed by atoms with Gasteiger partial charge in [-0.15, -0.1) is 0 Å². The number of aryl methyl sites for hydroxylation is 1. The molecule has 2 aromatic heterocycles. The third-order valence-corrected chi connectivity index (χ3v) is 5.79. The third kappa shape index (κ3) is 3.46. The van der Waals surface area contributed by atoms with Crippen LogP contribution >= 0.6 is 11.8 Å². The highest BCUT2D eigenvalue weighted by atomic mass is 32.2. The molecule has 0 amide bonds. The molecular weight excluding hydrogens is 354 g/mol. The van der Waals surface area contributed by atoms with Crippen LogP contribution in [0.25, 0.3) is 17.1 Å². The topological polar surface area (TPSA) is 70.3 Å². The zero-order valence-electron chi connectivity index (χ0n) is 15.2. The minimum atomic E-state index is 0.757. The van der Waals surface area contributed by atoms with E-state index in [0.717, 1.165) is 46.2 Å². The van der Waals surface area contributed by atoms with E-state index in [1.165, 1.54) is 10.5 Å². The van der Waals surface area contributed by atoms with Crippen LogP contribution in [0.3, 0.4) is 0 Å². The van der Waals surface area contributed by atoms with Crippen molar-refractivity contribution in [3.63, 3.8) is 0 Å². The van der Waals surface area contributed by atoms with Gasteiger partial charge in [0.2, 0.25) is 0 Å². The van der Waals surface area contributed by atoms with Crippen LogP contribution in [0.15, 0.2) is 64.2 Å². The van der Waals surface area contributed by atoms with Crippen molar-refractivity contribution < 1.29 is 0 Å². The Hall–Kier alpha value is -3.04. The van der Waals surface area contributed by atoms with Crippen molar-refractivity contribution in [3.05, 3.63) is 65.5 Å². The number of nitrogens with zero attached hydrogens (tertiary/aromatic N) is 4. The normalized spacial score (nSPS) is 13.8. The lowest BCUT2D eigenvalue weighted by Gasteiger charge is -2.12. The summed E-state index contributed by atoms with van der Waals surface area (Å²) < 4.78 is 2.11. The highest BCUT2D eigenvalue weighted by molar-refractivity contribution is 7.99. The molecule has 0 bridgehead atoms. The Bertz CT molecular complexity index is 1060. The number of hydrogen-bond acceptors (Lipinski definition) is 4. The Morgan fingerprint density at radius 2 is 1.96 bits per heavy atom. The molecule has 0 radical (unpaired) electrons. The highest BCUT2D eigenvalue weighted by Crippen LogP contribution is 2.38. The molecule has 0 aliphatic heterocycles. The van der Waals surface area contributed by atoms with Gasteiger partial charge in [0, 0.05) is 23.7 Å². The Morgan fingerprint density at radius 3 is 2.59 bits per heavy atom. The molecule has 0 atom stereocenters. The molecule has 0 saturated heterocycles. The van der Waals surface area contributed by atoms with Gasteiger partial charge >= 0.3 is 0 Å². The molecule has 1 aromatic carbocycles. The van der Waals surface area contributed by atoms with E-state index in [1.807, 2.05) is 25.3 Å². The number of aromatic amines is 1. The summed E-state index contributed by atoms with van der Waals surface area (Å²) in [6.45, 7) is 2.09. The van der Waals surface area contributed by atoms with Gasteiger partial charge in [-0.25, -0.2) is 4.98 Å². The number of benzene rings is 1. The molecule has 1 N–H and O–H groups in total. The summed E-state index contributed by atoms with van der Waals surface area (Å²) in [7, 11) is 2.03. The number of H-pyrrole nitrogens is 1. The molecule has 5 nitrogen and oxygen atoms in total. The van der Waals surface area contributed by atoms with Crippen LogP contribution in [-0.2, 0) is 7.05 Å². The molecule has 3 aromatic rings. The van der Waals surface area contributed by atoms with Crippen LogP contribution in [0.1, 0.15) is 24.1 Å². The summed E-state index contributed by atoms with van der Waals surface area (Å²) in [5.41, 5.74) is 5.08. The molecule has 134 valence electrons. The van der Waals surface area contributed by atoms with Gasteiger partial charge in [-0.2, -0.15) is 10.4 Å². The lowest BCUT2D eigenvalue weighted by molar-refractivity contribution is 0.824. The third-order valence-electron chi connectivity index (χ3n) is 4.62. The van der Waals surface area contributed by atoms with Gasteiger partial charge in [0.15, 0.2) is 5.82 Å². The molecule has 2 heterocycles. The fourth-order valence-corrected chi connectivity index (χ4v) is 4.07. The number of hydrogen-bond donors (Lipinski definition) is 1. The molecule has 0 saturated carbocycles. The first-order valence-corrected chi connectivity index (χ1v) is 9.58. The smallest absolute Gasteiger partial charge is 0.159 e. The van der Waals surface area contributed by atoms with Crippen LogP contribution < -0.4 is 0 Å². The van der Waals surface area contributed by atoms with Crippen molar-refractivity contribution in [2.45, 2.75) is 29.7 Å². The van der Waals surface area contributed by atoms with Gasteiger partial charge in [0.1, 0.15) is 10.7 Å². The first-order valence-electron chi connectivity index (χ1n) is 8.77. The second-order valence-electron chi connectivity index (χ2n) is 6.53. The fourth-order valence-electron chi connectivity index (χ4n) is 3.08. The van der Waals surface area contributed by atoms with Crippen LogP contribution in [0.2, 0.25) is 0 Å². The first kappa shape index (κ1) is 17.4.